The Labute approximate surface area is 133 Å². The Hall–Kier alpha value is -0.500. The number of nitrogens with two attached hydrogens (primary N) is 1. The highest BCUT2D eigenvalue weighted by molar-refractivity contribution is 7.99. The quantitative estimate of drug-likeness (QED) is 0.817. The number of anilines is 1. The number of sulfonamides is 1. The minimum Gasteiger partial charge on any atom is -0.399 e. The van der Waals surface area contributed by atoms with E-state index in [1.54, 1.807) is 11.8 Å². The van der Waals surface area contributed by atoms with Gasteiger partial charge in [0.1, 0.15) is 4.90 Å². The first-order valence-corrected chi connectivity index (χ1v) is 9.78. The molecule has 0 radical (unpaired) electrons. The fourth-order valence-corrected chi connectivity index (χ4v) is 4.94. The predicted molar refractivity (Wildman–Crippen MR) is 85.7 cm³/mol. The number of halogens is 2. The van der Waals surface area contributed by atoms with Gasteiger partial charge in [0.2, 0.25) is 10.0 Å². The molecule has 2 rings (SSSR count). The molecule has 0 heterocycles. The van der Waals surface area contributed by atoms with Crippen LogP contribution in [0.3, 0.4) is 0 Å². The third kappa shape index (κ3) is 4.03. The Kier molecular flexibility index (Phi) is 5.40. The SMILES string of the molecule is CSC1CCC(NS(=O)(=O)c2cc(N)cc(Cl)c2F)CC1. The third-order valence-corrected chi connectivity index (χ3v) is 6.57. The predicted octanol–water partition coefficient (Wildman–Crippen LogP) is 3.01. The summed E-state index contributed by atoms with van der Waals surface area (Å²) < 4.78 is 41.1. The summed E-state index contributed by atoms with van der Waals surface area (Å²) >= 11 is 7.45. The standard InChI is InChI=1S/C13H18ClFN2O2S2/c1-20-10-4-2-9(3-5-10)17-21(18,19)12-7-8(16)6-11(14)13(12)15/h6-7,9-10,17H,2-5,16H2,1H3. The third-order valence-electron chi connectivity index (χ3n) is 3.64. The van der Waals surface area contributed by atoms with E-state index < -0.39 is 20.7 Å². The monoisotopic (exact) mass is 352 g/mol. The molecule has 0 bridgehead atoms. The average Bonchev–Trinajstić information content (AvgIpc) is 2.43. The van der Waals surface area contributed by atoms with Crippen molar-refractivity contribution in [2.75, 3.05) is 12.0 Å². The Morgan fingerprint density at radius 2 is 1.95 bits per heavy atom. The van der Waals surface area contributed by atoms with Crippen LogP contribution in [0.4, 0.5) is 10.1 Å². The molecule has 0 aliphatic heterocycles. The zero-order valence-electron chi connectivity index (χ0n) is 11.6. The molecule has 1 aliphatic rings. The van der Waals surface area contributed by atoms with E-state index in [0.29, 0.717) is 5.25 Å². The molecule has 0 amide bonds. The maximum absolute atomic E-state index is 13.9. The maximum Gasteiger partial charge on any atom is 0.243 e. The summed E-state index contributed by atoms with van der Waals surface area (Å²) in [6, 6.07) is 2.12. The molecule has 21 heavy (non-hydrogen) atoms. The van der Waals surface area contributed by atoms with E-state index in [1.165, 1.54) is 6.07 Å². The molecule has 0 unspecified atom stereocenters. The van der Waals surface area contributed by atoms with Crippen LogP contribution in [0.5, 0.6) is 0 Å². The molecule has 1 aliphatic carbocycles. The minimum atomic E-state index is -3.96. The Balaban J connectivity index is 2.16. The van der Waals surface area contributed by atoms with Gasteiger partial charge in [-0.2, -0.15) is 11.8 Å². The van der Waals surface area contributed by atoms with Crippen molar-refractivity contribution in [2.45, 2.75) is 41.9 Å². The number of hydrogen-bond donors (Lipinski definition) is 2. The zero-order valence-corrected chi connectivity index (χ0v) is 14.0. The second-order valence-corrected chi connectivity index (χ2v) is 8.37. The lowest BCUT2D eigenvalue weighted by molar-refractivity contribution is 0.419. The van der Waals surface area contributed by atoms with E-state index in [1.807, 2.05) is 0 Å². The molecule has 0 spiro atoms. The Morgan fingerprint density at radius 3 is 2.52 bits per heavy atom. The van der Waals surface area contributed by atoms with Gasteiger partial charge in [0.15, 0.2) is 5.82 Å². The van der Waals surface area contributed by atoms with Crippen molar-refractivity contribution in [1.82, 2.24) is 4.72 Å². The van der Waals surface area contributed by atoms with E-state index in [2.05, 4.69) is 11.0 Å². The van der Waals surface area contributed by atoms with Crippen molar-refractivity contribution in [3.63, 3.8) is 0 Å². The van der Waals surface area contributed by atoms with Gasteiger partial charge in [-0.3, -0.25) is 0 Å². The van der Waals surface area contributed by atoms with Gasteiger partial charge < -0.3 is 5.73 Å². The van der Waals surface area contributed by atoms with Crippen LogP contribution in [0.2, 0.25) is 5.02 Å². The normalized spacial score (nSPS) is 23.2. The van der Waals surface area contributed by atoms with Gasteiger partial charge in [0, 0.05) is 17.0 Å². The largest absolute Gasteiger partial charge is 0.399 e. The summed E-state index contributed by atoms with van der Waals surface area (Å²) in [5.41, 5.74) is 5.67. The highest BCUT2D eigenvalue weighted by Crippen LogP contribution is 2.29. The summed E-state index contributed by atoms with van der Waals surface area (Å²) in [4.78, 5) is -0.487. The van der Waals surface area contributed by atoms with Crippen LogP contribution in [-0.2, 0) is 10.0 Å². The minimum absolute atomic E-state index is 0.118. The number of rotatable bonds is 4. The number of nitrogens with one attached hydrogen (secondary N) is 1. The van der Waals surface area contributed by atoms with Gasteiger partial charge in [-0.05, 0) is 44.1 Å². The molecule has 118 valence electrons. The zero-order chi connectivity index (χ0) is 15.6. The van der Waals surface area contributed by atoms with Crippen molar-refractivity contribution < 1.29 is 12.8 Å². The van der Waals surface area contributed by atoms with Crippen LogP contribution >= 0.6 is 23.4 Å². The fourth-order valence-electron chi connectivity index (χ4n) is 2.48. The second-order valence-electron chi connectivity index (χ2n) is 5.15. The summed E-state index contributed by atoms with van der Waals surface area (Å²) in [5, 5.41) is 0.283. The molecule has 0 atom stereocenters. The fraction of sp³-hybridized carbons (Fsp3) is 0.538. The highest BCUT2D eigenvalue weighted by atomic mass is 35.5. The molecule has 1 aromatic carbocycles. The van der Waals surface area contributed by atoms with Gasteiger partial charge in [-0.25, -0.2) is 17.5 Å². The van der Waals surface area contributed by atoms with Crippen molar-refractivity contribution >= 4 is 39.1 Å². The van der Waals surface area contributed by atoms with E-state index in [9.17, 15) is 12.8 Å². The molecule has 4 nitrogen and oxygen atoms in total. The summed E-state index contributed by atoms with van der Waals surface area (Å²) in [6.45, 7) is 0. The van der Waals surface area contributed by atoms with Gasteiger partial charge in [-0.15, -0.1) is 0 Å². The molecule has 8 heteroatoms. The first-order valence-electron chi connectivity index (χ1n) is 6.63. The number of thioether (sulfide) groups is 1. The lowest BCUT2D eigenvalue weighted by atomic mass is 9.96. The lowest BCUT2D eigenvalue weighted by Crippen LogP contribution is -2.38. The van der Waals surface area contributed by atoms with Crippen LogP contribution in [-0.4, -0.2) is 26.0 Å². The van der Waals surface area contributed by atoms with Crippen molar-refractivity contribution in [3.8, 4) is 0 Å². The number of hydrogen-bond acceptors (Lipinski definition) is 4. The van der Waals surface area contributed by atoms with E-state index in [4.69, 9.17) is 17.3 Å². The molecule has 1 saturated carbocycles. The second kappa shape index (κ2) is 6.73. The van der Waals surface area contributed by atoms with Crippen LogP contribution < -0.4 is 10.5 Å². The number of benzene rings is 1. The Morgan fingerprint density at radius 1 is 1.33 bits per heavy atom. The first kappa shape index (κ1) is 16.9. The van der Waals surface area contributed by atoms with Crippen molar-refractivity contribution in [3.05, 3.63) is 23.0 Å². The van der Waals surface area contributed by atoms with Crippen LogP contribution in [0, 0.1) is 5.82 Å². The van der Waals surface area contributed by atoms with Gasteiger partial charge >= 0.3 is 0 Å². The molecular formula is C13H18ClFN2O2S2. The molecule has 3 N–H and O–H groups in total. The summed E-state index contributed by atoms with van der Waals surface area (Å²) in [5.74, 6) is -0.962. The summed E-state index contributed by atoms with van der Waals surface area (Å²) in [6.07, 6.45) is 5.47. The van der Waals surface area contributed by atoms with Crippen LogP contribution in [0.15, 0.2) is 17.0 Å². The van der Waals surface area contributed by atoms with Crippen molar-refractivity contribution in [2.24, 2.45) is 0 Å². The molecule has 1 fully saturated rings. The van der Waals surface area contributed by atoms with Gasteiger partial charge in [-0.1, -0.05) is 11.6 Å². The average molecular weight is 353 g/mol. The smallest absolute Gasteiger partial charge is 0.243 e. The summed E-state index contributed by atoms with van der Waals surface area (Å²) in [7, 11) is -3.96. The van der Waals surface area contributed by atoms with E-state index in [-0.39, 0.29) is 16.8 Å². The molecule has 0 saturated heterocycles. The van der Waals surface area contributed by atoms with E-state index in [0.717, 1.165) is 31.7 Å². The molecular weight excluding hydrogens is 335 g/mol. The van der Waals surface area contributed by atoms with Crippen molar-refractivity contribution in [1.29, 1.82) is 0 Å². The van der Waals surface area contributed by atoms with Crippen LogP contribution in [0.25, 0.3) is 0 Å². The Bertz CT molecular complexity index is 617. The van der Waals surface area contributed by atoms with Gasteiger partial charge in [0.25, 0.3) is 0 Å². The molecule has 0 aromatic heterocycles. The lowest BCUT2D eigenvalue weighted by Gasteiger charge is -2.27. The first-order chi connectivity index (χ1) is 9.83. The topological polar surface area (TPSA) is 72.2 Å². The van der Waals surface area contributed by atoms with E-state index >= 15 is 0 Å². The number of nitrogen functional groups attached to an aromatic ring is 1. The van der Waals surface area contributed by atoms with Crippen LogP contribution in [0.1, 0.15) is 25.7 Å². The van der Waals surface area contributed by atoms with Gasteiger partial charge in [0.05, 0.1) is 5.02 Å². The molecule has 1 aromatic rings. The highest BCUT2D eigenvalue weighted by Gasteiger charge is 2.28. The maximum atomic E-state index is 13.9.